The van der Waals surface area contributed by atoms with E-state index in [0.717, 1.165) is 0 Å². The third-order valence-electron chi connectivity index (χ3n) is 9.38. The van der Waals surface area contributed by atoms with Crippen molar-refractivity contribution in [3.05, 3.63) is 0 Å². The molecule has 0 aromatic heterocycles. The van der Waals surface area contributed by atoms with Crippen LogP contribution in [0.2, 0.25) is 0 Å². The summed E-state index contributed by atoms with van der Waals surface area (Å²) in [5.41, 5.74) is -20.0. The monoisotopic (exact) mass is 666 g/mol. The number of ketones is 1. The van der Waals surface area contributed by atoms with Crippen LogP contribution in [-0.2, 0) is 19.0 Å². The van der Waals surface area contributed by atoms with E-state index < -0.39 is 147 Å². The van der Waals surface area contributed by atoms with Crippen molar-refractivity contribution in [2.45, 2.75) is 95.1 Å². The van der Waals surface area contributed by atoms with E-state index in [0.29, 0.717) is 0 Å². The van der Waals surface area contributed by atoms with Crippen molar-refractivity contribution in [3.63, 3.8) is 0 Å². The molecule has 16 atom stereocenters. The molecule has 3 saturated heterocycles. The van der Waals surface area contributed by atoms with Gasteiger partial charge in [0, 0.05) is 0 Å². The Kier molecular flexibility index (Phi) is 11.4. The molecule has 0 bridgehead atoms. The summed E-state index contributed by atoms with van der Waals surface area (Å²) in [6.45, 7) is -10.9. The van der Waals surface area contributed by atoms with E-state index in [1.807, 2.05) is 0 Å². The number of ether oxygens (including phenoxy) is 3. The fourth-order valence-electron chi connectivity index (χ4n) is 6.75. The molecule has 17 N–H and O–H groups in total. The lowest BCUT2D eigenvalue weighted by molar-refractivity contribution is -0.361. The lowest BCUT2D eigenvalue weighted by Crippen LogP contribution is -2.90. The molecule has 0 aliphatic carbocycles. The normalized spacial score (nSPS) is 46.1. The number of carbonyl (C=O) groups is 1. The summed E-state index contributed by atoms with van der Waals surface area (Å²) in [5, 5.41) is 183. The van der Waals surface area contributed by atoms with Crippen LogP contribution in [0.15, 0.2) is 0 Å². The highest BCUT2D eigenvalue weighted by atomic mass is 16.6. The molecule has 45 heavy (non-hydrogen) atoms. The number of Topliss-reactive ketones (excluding diaryl/α,β-unsaturated/α-hetero) is 1. The van der Waals surface area contributed by atoms with Crippen LogP contribution in [0.25, 0.3) is 0 Å². The predicted molar refractivity (Wildman–Crippen MR) is 135 cm³/mol. The molecule has 0 aromatic carbocycles. The molecule has 0 amide bonds. The minimum Gasteiger partial charge on any atom is -0.394 e. The average Bonchev–Trinajstić information content (AvgIpc) is 3.58. The number of rotatable bonds is 14. The number of aliphatic hydroxyl groups excluding tert-OH is 15. The van der Waals surface area contributed by atoms with Crippen LogP contribution in [0.3, 0.4) is 0 Å². The Hall–Kier alpha value is -1.13. The van der Waals surface area contributed by atoms with Crippen molar-refractivity contribution in [2.75, 3.05) is 46.2 Å². The Morgan fingerprint density at radius 1 is 0.622 bits per heavy atom. The zero-order chi connectivity index (χ0) is 34.5. The van der Waals surface area contributed by atoms with E-state index in [2.05, 4.69) is 0 Å². The summed E-state index contributed by atoms with van der Waals surface area (Å²) in [5.74, 6) is -2.41. The topological polar surface area (TPSA) is 389 Å². The van der Waals surface area contributed by atoms with Gasteiger partial charge in [0.2, 0.25) is 5.78 Å². The molecule has 3 aliphatic rings. The van der Waals surface area contributed by atoms with E-state index in [9.17, 15) is 91.6 Å². The van der Waals surface area contributed by atoms with E-state index >= 15 is 0 Å². The van der Waals surface area contributed by atoms with Gasteiger partial charge in [0.25, 0.3) is 0 Å². The highest BCUT2D eigenvalue weighted by molar-refractivity contribution is 5.99. The standard InChI is InChI=1S/C24H42O21/c25-1-8(32)15(36)23(41,21(6-30)17(38)13(34)10(3-27)44-21)24(42,22(7-31)18(39)14(35)11(4-28)45-22)19(40)20(5-29)16(37)12(33)9(2-26)43-20/h8-18,25-39,41-42H,1-7H2/t8-,9-,10-,11-,12-,13-,14-,15-,16+,17+,18+,20?,21?,22?,23-,24-/m1/s1. The Morgan fingerprint density at radius 3 is 1.38 bits per heavy atom. The molecule has 0 saturated carbocycles. The first-order chi connectivity index (χ1) is 20.9. The van der Waals surface area contributed by atoms with Crippen LogP contribution < -0.4 is 0 Å². The van der Waals surface area contributed by atoms with Gasteiger partial charge in [-0.15, -0.1) is 0 Å². The molecule has 3 heterocycles. The second-order valence-corrected chi connectivity index (χ2v) is 11.5. The molecule has 21 heteroatoms. The summed E-state index contributed by atoms with van der Waals surface area (Å²) in [4.78, 5) is 14.8. The predicted octanol–water partition coefficient (Wildman–Crippen LogP) is -11.7. The Morgan fingerprint density at radius 2 is 1.02 bits per heavy atom. The van der Waals surface area contributed by atoms with Gasteiger partial charge in [-0.2, -0.15) is 0 Å². The van der Waals surface area contributed by atoms with Gasteiger partial charge in [-0.25, -0.2) is 0 Å². The molecular formula is C24H42O21. The highest BCUT2D eigenvalue weighted by Crippen LogP contribution is 2.56. The third-order valence-corrected chi connectivity index (χ3v) is 9.38. The number of hydrogen-bond acceptors (Lipinski definition) is 21. The van der Waals surface area contributed by atoms with Crippen molar-refractivity contribution < 1.29 is 106 Å². The van der Waals surface area contributed by atoms with E-state index in [1.165, 1.54) is 0 Å². The van der Waals surface area contributed by atoms with Gasteiger partial charge in [0.15, 0.2) is 28.0 Å². The summed E-state index contributed by atoms with van der Waals surface area (Å²) < 4.78 is 15.9. The second-order valence-electron chi connectivity index (χ2n) is 11.5. The number of carbonyl (C=O) groups excluding carboxylic acids is 1. The Labute approximate surface area is 253 Å². The Balaban J connectivity index is 2.58. The molecule has 0 spiro atoms. The van der Waals surface area contributed by atoms with Crippen LogP contribution in [0.4, 0.5) is 0 Å². The van der Waals surface area contributed by atoms with E-state index in [4.69, 9.17) is 14.2 Å². The zero-order valence-electron chi connectivity index (χ0n) is 23.5. The minimum absolute atomic E-state index is 1.18. The fourth-order valence-corrected chi connectivity index (χ4v) is 6.75. The number of hydrogen-bond donors (Lipinski definition) is 17. The van der Waals surface area contributed by atoms with Crippen molar-refractivity contribution in [1.29, 1.82) is 0 Å². The van der Waals surface area contributed by atoms with Gasteiger partial charge in [0.1, 0.15) is 67.1 Å². The molecule has 3 fully saturated rings. The van der Waals surface area contributed by atoms with Crippen LogP contribution >= 0.6 is 0 Å². The molecule has 0 aromatic rings. The van der Waals surface area contributed by atoms with Gasteiger partial charge >= 0.3 is 0 Å². The molecule has 3 unspecified atom stereocenters. The number of aliphatic hydroxyl groups is 17. The van der Waals surface area contributed by atoms with Crippen molar-refractivity contribution >= 4 is 5.78 Å². The van der Waals surface area contributed by atoms with E-state index in [1.54, 1.807) is 0 Å². The van der Waals surface area contributed by atoms with Gasteiger partial charge in [0.05, 0.1) is 46.2 Å². The van der Waals surface area contributed by atoms with E-state index in [-0.39, 0.29) is 0 Å². The van der Waals surface area contributed by atoms with Gasteiger partial charge in [-0.1, -0.05) is 0 Å². The van der Waals surface area contributed by atoms with Crippen LogP contribution in [0, 0.1) is 0 Å². The van der Waals surface area contributed by atoms with Crippen LogP contribution in [0.5, 0.6) is 0 Å². The summed E-state index contributed by atoms with van der Waals surface area (Å²) in [6.07, 6.45) is -27.5. The van der Waals surface area contributed by atoms with Crippen LogP contribution in [-0.4, -0.2) is 234 Å². The van der Waals surface area contributed by atoms with Crippen LogP contribution in [0.1, 0.15) is 0 Å². The molecular weight excluding hydrogens is 624 g/mol. The molecule has 264 valence electrons. The molecule has 0 radical (unpaired) electrons. The first-order valence-electron chi connectivity index (χ1n) is 13.7. The Bertz CT molecular complexity index is 1040. The lowest BCUT2D eigenvalue weighted by Gasteiger charge is -2.60. The van der Waals surface area contributed by atoms with Gasteiger partial charge in [-0.05, 0) is 0 Å². The molecule has 3 rings (SSSR count). The minimum atomic E-state index is -4.64. The second kappa shape index (κ2) is 13.4. The maximum Gasteiger partial charge on any atom is 0.207 e. The smallest absolute Gasteiger partial charge is 0.207 e. The molecule has 21 nitrogen and oxygen atoms in total. The van der Waals surface area contributed by atoms with Gasteiger partial charge in [-0.3, -0.25) is 4.79 Å². The zero-order valence-corrected chi connectivity index (χ0v) is 23.5. The molecule has 3 aliphatic heterocycles. The lowest BCUT2D eigenvalue weighted by atomic mass is 9.54. The summed E-state index contributed by atoms with van der Waals surface area (Å²) >= 11 is 0. The van der Waals surface area contributed by atoms with Crippen molar-refractivity contribution in [3.8, 4) is 0 Å². The first-order valence-corrected chi connectivity index (χ1v) is 13.7. The summed E-state index contributed by atoms with van der Waals surface area (Å²) in [6, 6.07) is 0. The maximum absolute atomic E-state index is 14.8. The van der Waals surface area contributed by atoms with Crippen molar-refractivity contribution in [1.82, 2.24) is 0 Å². The average molecular weight is 667 g/mol. The SMILES string of the molecule is O=C(C1(CO)O[C@H](CO)[C@@H](O)[C@@H]1O)[C@@](O)(C1(CO)O[C@H](CO)[C@@H](O)[C@@H]1O)[C@@](O)([C@H](O)[C@H](O)CO)C1(CO)O[C@H](CO)[C@@H](O)[C@@H]1O. The first kappa shape index (κ1) is 38.3. The third kappa shape index (κ3) is 4.82. The highest BCUT2D eigenvalue weighted by Gasteiger charge is 2.86. The maximum atomic E-state index is 14.8. The summed E-state index contributed by atoms with van der Waals surface area (Å²) in [7, 11) is 0. The van der Waals surface area contributed by atoms with Crippen molar-refractivity contribution in [2.24, 2.45) is 0 Å². The van der Waals surface area contributed by atoms with Gasteiger partial charge < -0.3 is 101 Å². The quantitative estimate of drug-likeness (QED) is 0.0817. The largest absolute Gasteiger partial charge is 0.394 e. The fraction of sp³-hybridized carbons (Fsp3) is 0.958.